The Kier molecular flexibility index (Phi) is 3.69. The van der Waals surface area contributed by atoms with Gasteiger partial charge in [0.25, 0.3) is 5.91 Å². The molecule has 0 bridgehead atoms. The second-order valence-corrected chi connectivity index (χ2v) is 6.23. The first kappa shape index (κ1) is 14.8. The summed E-state index contributed by atoms with van der Waals surface area (Å²) in [6, 6.07) is 12.3. The van der Waals surface area contributed by atoms with Gasteiger partial charge in [-0.3, -0.25) is 4.79 Å². The second kappa shape index (κ2) is 6.00. The third-order valence-electron chi connectivity index (χ3n) is 4.57. The monoisotopic (exact) mass is 320 g/mol. The second-order valence-electron chi connectivity index (χ2n) is 6.23. The van der Waals surface area contributed by atoms with Gasteiger partial charge >= 0.3 is 0 Å². The van der Waals surface area contributed by atoms with Gasteiger partial charge in [0, 0.05) is 50.5 Å². The topological polar surface area (TPSA) is 40.8 Å². The molecule has 24 heavy (non-hydrogen) atoms. The maximum absolute atomic E-state index is 12.7. The summed E-state index contributed by atoms with van der Waals surface area (Å²) in [7, 11) is 0. The molecule has 5 heteroatoms. The molecule has 0 spiro atoms. The molecule has 122 valence electrons. The lowest BCUT2D eigenvalue weighted by molar-refractivity contribution is 0.0746. The van der Waals surface area contributed by atoms with Crippen molar-refractivity contribution in [3.05, 3.63) is 66.1 Å². The number of hydrogen-bond acceptors (Lipinski definition) is 3. The third kappa shape index (κ3) is 2.73. The number of aromatic nitrogens is 2. The highest BCUT2D eigenvalue weighted by atomic mass is 16.2. The van der Waals surface area contributed by atoms with Crippen LogP contribution in [0.25, 0.3) is 5.65 Å². The standard InChI is InChI=1S/C19H20N4O/c1-15-3-2-4-17(13-15)21-9-11-22(12-10-21)19(24)16-5-6-18-20-7-8-23(18)14-16/h2-8,13-14H,9-12H2,1H3. The number of rotatable bonds is 2. The van der Waals surface area contributed by atoms with Crippen LogP contribution in [0.15, 0.2) is 55.0 Å². The van der Waals surface area contributed by atoms with Crippen LogP contribution in [0.1, 0.15) is 15.9 Å². The zero-order valence-corrected chi connectivity index (χ0v) is 13.7. The number of hydrogen-bond donors (Lipinski definition) is 0. The molecule has 1 amide bonds. The van der Waals surface area contributed by atoms with Crippen LogP contribution in [-0.2, 0) is 0 Å². The van der Waals surface area contributed by atoms with Gasteiger partial charge in [0.1, 0.15) is 5.65 Å². The van der Waals surface area contributed by atoms with Crippen molar-refractivity contribution in [1.82, 2.24) is 14.3 Å². The minimum Gasteiger partial charge on any atom is -0.368 e. The Balaban J connectivity index is 1.46. The van der Waals surface area contributed by atoms with E-state index in [-0.39, 0.29) is 5.91 Å². The summed E-state index contributed by atoms with van der Waals surface area (Å²) in [5.41, 5.74) is 4.07. The first-order valence-electron chi connectivity index (χ1n) is 8.24. The van der Waals surface area contributed by atoms with Gasteiger partial charge in [0.05, 0.1) is 5.56 Å². The van der Waals surface area contributed by atoms with Crippen molar-refractivity contribution in [1.29, 1.82) is 0 Å². The number of benzene rings is 1. The average Bonchev–Trinajstić information content (AvgIpc) is 3.09. The maximum atomic E-state index is 12.7. The van der Waals surface area contributed by atoms with Crippen LogP contribution in [0, 0.1) is 6.92 Å². The van der Waals surface area contributed by atoms with E-state index in [9.17, 15) is 4.79 Å². The fraction of sp³-hybridized carbons (Fsp3) is 0.263. The number of imidazole rings is 1. The highest BCUT2D eigenvalue weighted by Gasteiger charge is 2.22. The Morgan fingerprint density at radius 1 is 1.08 bits per heavy atom. The number of piperazine rings is 1. The molecule has 1 aliphatic rings. The van der Waals surface area contributed by atoms with Gasteiger partial charge in [0.2, 0.25) is 0 Å². The Bertz CT molecular complexity index is 878. The first-order chi connectivity index (χ1) is 11.7. The molecule has 0 aliphatic carbocycles. The molecule has 5 nitrogen and oxygen atoms in total. The number of fused-ring (bicyclic) bond motifs is 1. The van der Waals surface area contributed by atoms with E-state index in [1.165, 1.54) is 11.3 Å². The van der Waals surface area contributed by atoms with E-state index < -0.39 is 0 Å². The van der Waals surface area contributed by atoms with Crippen molar-refractivity contribution < 1.29 is 4.79 Å². The molecule has 4 rings (SSSR count). The van der Waals surface area contributed by atoms with Gasteiger partial charge in [-0.25, -0.2) is 4.98 Å². The van der Waals surface area contributed by atoms with Crippen LogP contribution < -0.4 is 4.90 Å². The molecular formula is C19H20N4O. The summed E-state index contributed by atoms with van der Waals surface area (Å²) in [6.45, 7) is 5.32. The van der Waals surface area contributed by atoms with Gasteiger partial charge < -0.3 is 14.2 Å². The third-order valence-corrected chi connectivity index (χ3v) is 4.57. The number of carbonyl (C=O) groups is 1. The quantitative estimate of drug-likeness (QED) is 0.729. The summed E-state index contributed by atoms with van der Waals surface area (Å²) < 4.78 is 1.89. The largest absolute Gasteiger partial charge is 0.368 e. The predicted octanol–water partition coefficient (Wildman–Crippen LogP) is 2.61. The molecule has 1 saturated heterocycles. The summed E-state index contributed by atoms with van der Waals surface area (Å²) in [4.78, 5) is 21.2. The van der Waals surface area contributed by atoms with Gasteiger partial charge in [-0.15, -0.1) is 0 Å². The molecule has 0 N–H and O–H groups in total. The minimum absolute atomic E-state index is 0.0921. The Morgan fingerprint density at radius 3 is 2.71 bits per heavy atom. The molecule has 0 atom stereocenters. The van der Waals surface area contributed by atoms with E-state index in [0.717, 1.165) is 31.8 Å². The predicted molar refractivity (Wildman–Crippen MR) is 94.5 cm³/mol. The number of anilines is 1. The molecule has 1 fully saturated rings. The zero-order valence-electron chi connectivity index (χ0n) is 13.7. The molecule has 3 heterocycles. The fourth-order valence-corrected chi connectivity index (χ4v) is 3.22. The number of carbonyl (C=O) groups excluding carboxylic acids is 1. The van der Waals surface area contributed by atoms with Crippen LogP contribution in [0.2, 0.25) is 0 Å². The van der Waals surface area contributed by atoms with Crippen molar-refractivity contribution >= 4 is 17.2 Å². The van der Waals surface area contributed by atoms with Gasteiger partial charge in [0.15, 0.2) is 0 Å². The van der Waals surface area contributed by atoms with Gasteiger partial charge in [-0.1, -0.05) is 12.1 Å². The fourth-order valence-electron chi connectivity index (χ4n) is 3.22. The van der Waals surface area contributed by atoms with Crippen LogP contribution in [0.4, 0.5) is 5.69 Å². The first-order valence-corrected chi connectivity index (χ1v) is 8.24. The molecule has 1 aromatic carbocycles. The van der Waals surface area contributed by atoms with Crippen molar-refractivity contribution in [3.63, 3.8) is 0 Å². The number of nitrogens with zero attached hydrogens (tertiary/aromatic N) is 4. The van der Waals surface area contributed by atoms with Crippen LogP contribution in [0.3, 0.4) is 0 Å². The average molecular weight is 320 g/mol. The smallest absolute Gasteiger partial charge is 0.255 e. The van der Waals surface area contributed by atoms with Gasteiger partial charge in [-0.05, 0) is 36.8 Å². The van der Waals surface area contributed by atoms with E-state index in [4.69, 9.17) is 0 Å². The van der Waals surface area contributed by atoms with E-state index in [0.29, 0.717) is 5.56 Å². The Morgan fingerprint density at radius 2 is 1.92 bits per heavy atom. The zero-order chi connectivity index (χ0) is 16.5. The van der Waals surface area contributed by atoms with Gasteiger partial charge in [-0.2, -0.15) is 0 Å². The van der Waals surface area contributed by atoms with E-state index >= 15 is 0 Å². The molecule has 1 aliphatic heterocycles. The normalized spacial score (nSPS) is 15.0. The van der Waals surface area contributed by atoms with Crippen LogP contribution in [-0.4, -0.2) is 46.4 Å². The summed E-state index contributed by atoms with van der Waals surface area (Å²) in [5.74, 6) is 0.0921. The lowest BCUT2D eigenvalue weighted by atomic mass is 10.1. The highest BCUT2D eigenvalue weighted by molar-refractivity contribution is 5.94. The summed E-state index contributed by atoms with van der Waals surface area (Å²) in [6.07, 6.45) is 5.46. The Hall–Kier alpha value is -2.82. The number of amides is 1. The molecule has 2 aromatic heterocycles. The van der Waals surface area contributed by atoms with Crippen molar-refractivity contribution in [3.8, 4) is 0 Å². The van der Waals surface area contributed by atoms with Crippen molar-refractivity contribution in [2.24, 2.45) is 0 Å². The molecule has 0 radical (unpaired) electrons. The molecule has 3 aromatic rings. The highest BCUT2D eigenvalue weighted by Crippen LogP contribution is 2.18. The lowest BCUT2D eigenvalue weighted by Crippen LogP contribution is -2.48. The van der Waals surface area contributed by atoms with Crippen molar-refractivity contribution in [2.75, 3.05) is 31.1 Å². The van der Waals surface area contributed by atoms with E-state index in [1.807, 2.05) is 33.8 Å². The van der Waals surface area contributed by atoms with E-state index in [1.54, 1.807) is 6.20 Å². The van der Waals surface area contributed by atoms with Crippen LogP contribution >= 0.6 is 0 Å². The summed E-state index contributed by atoms with van der Waals surface area (Å²) in [5, 5.41) is 0. The Labute approximate surface area is 141 Å². The molecule has 0 unspecified atom stereocenters. The number of aryl methyl sites for hydroxylation is 1. The molecular weight excluding hydrogens is 300 g/mol. The maximum Gasteiger partial charge on any atom is 0.255 e. The van der Waals surface area contributed by atoms with E-state index in [2.05, 4.69) is 41.1 Å². The van der Waals surface area contributed by atoms with Crippen LogP contribution in [0.5, 0.6) is 0 Å². The number of pyridine rings is 1. The lowest BCUT2D eigenvalue weighted by Gasteiger charge is -2.36. The van der Waals surface area contributed by atoms with Crippen molar-refractivity contribution in [2.45, 2.75) is 6.92 Å². The SMILES string of the molecule is Cc1cccc(N2CCN(C(=O)c3ccc4nccn4c3)CC2)c1. The molecule has 0 saturated carbocycles. The minimum atomic E-state index is 0.0921. The summed E-state index contributed by atoms with van der Waals surface area (Å²) >= 11 is 0.